The smallest absolute Gasteiger partial charge is 0.329 e. The summed E-state index contributed by atoms with van der Waals surface area (Å²) in [6.45, 7) is 7.42. The topological polar surface area (TPSA) is 95.9 Å². The molecule has 0 radical (unpaired) electrons. The van der Waals surface area contributed by atoms with Crippen molar-refractivity contribution in [2.75, 3.05) is 13.1 Å². The molecule has 0 bridgehead atoms. The van der Waals surface area contributed by atoms with Gasteiger partial charge in [0.05, 0.1) is 12.6 Å². The summed E-state index contributed by atoms with van der Waals surface area (Å²) < 4.78 is 5.25. The van der Waals surface area contributed by atoms with E-state index in [0.29, 0.717) is 19.4 Å². The highest BCUT2D eigenvalue weighted by Gasteiger charge is 2.55. The number of amides is 1. The first-order valence-electron chi connectivity index (χ1n) is 10.1. The third-order valence-corrected chi connectivity index (χ3v) is 5.68. The minimum absolute atomic E-state index is 0.00764. The first-order valence-corrected chi connectivity index (χ1v) is 10.1. The number of nitrogens with one attached hydrogen (secondary N) is 1. The molecule has 27 heavy (non-hydrogen) atoms. The Morgan fingerprint density at radius 3 is 2.37 bits per heavy atom. The molecule has 2 rings (SSSR count). The van der Waals surface area contributed by atoms with E-state index in [1.807, 2.05) is 0 Å². The van der Waals surface area contributed by atoms with Crippen LogP contribution in [0.15, 0.2) is 0 Å². The highest BCUT2D eigenvalue weighted by Crippen LogP contribution is 2.43. The summed E-state index contributed by atoms with van der Waals surface area (Å²) in [7, 11) is 0. The van der Waals surface area contributed by atoms with Gasteiger partial charge in [-0.3, -0.25) is 14.9 Å². The van der Waals surface area contributed by atoms with Crippen LogP contribution in [0.25, 0.3) is 0 Å². The zero-order valence-corrected chi connectivity index (χ0v) is 17.0. The molecule has 1 aliphatic heterocycles. The number of nitrogens with zero attached hydrogens (tertiary/aromatic N) is 1. The first kappa shape index (κ1) is 21.7. The van der Waals surface area contributed by atoms with Crippen molar-refractivity contribution in [1.29, 1.82) is 0 Å². The number of carboxylic acids is 1. The summed E-state index contributed by atoms with van der Waals surface area (Å²) in [5.41, 5.74) is -1.68. The van der Waals surface area contributed by atoms with Gasteiger partial charge in [0.2, 0.25) is 5.91 Å². The van der Waals surface area contributed by atoms with Crippen LogP contribution in [0.2, 0.25) is 0 Å². The average Bonchev–Trinajstić information content (AvgIpc) is 3.04. The molecule has 1 amide bonds. The van der Waals surface area contributed by atoms with E-state index < -0.39 is 29.1 Å². The number of rotatable bonds is 6. The Kier molecular flexibility index (Phi) is 6.89. The van der Waals surface area contributed by atoms with Crippen LogP contribution in [0.1, 0.15) is 72.6 Å². The number of carbonyl (C=O) groups is 3. The Bertz CT molecular complexity index is 565. The lowest BCUT2D eigenvalue weighted by Gasteiger charge is -2.43. The fourth-order valence-corrected chi connectivity index (χ4v) is 4.48. The molecule has 154 valence electrons. The molecule has 0 spiro atoms. The molecule has 1 saturated carbocycles. The van der Waals surface area contributed by atoms with Crippen molar-refractivity contribution in [1.82, 2.24) is 10.2 Å². The van der Waals surface area contributed by atoms with Crippen molar-refractivity contribution < 1.29 is 24.2 Å². The van der Waals surface area contributed by atoms with Gasteiger partial charge >= 0.3 is 11.9 Å². The third-order valence-electron chi connectivity index (χ3n) is 5.68. The Morgan fingerprint density at radius 1 is 1.19 bits per heavy atom. The quantitative estimate of drug-likeness (QED) is 0.685. The van der Waals surface area contributed by atoms with Crippen LogP contribution in [0, 0.1) is 5.92 Å². The molecule has 7 heteroatoms. The molecule has 1 aliphatic carbocycles. The van der Waals surface area contributed by atoms with Gasteiger partial charge in [-0.15, -0.1) is 0 Å². The fourth-order valence-electron chi connectivity index (χ4n) is 4.48. The van der Waals surface area contributed by atoms with E-state index in [9.17, 15) is 19.5 Å². The van der Waals surface area contributed by atoms with E-state index >= 15 is 0 Å². The predicted octanol–water partition coefficient (Wildman–Crippen LogP) is 2.33. The summed E-state index contributed by atoms with van der Waals surface area (Å²) >= 11 is 0. The van der Waals surface area contributed by atoms with Crippen LogP contribution in [0.5, 0.6) is 0 Å². The highest BCUT2D eigenvalue weighted by molar-refractivity contribution is 5.90. The maximum atomic E-state index is 13.1. The van der Waals surface area contributed by atoms with Crippen LogP contribution < -0.4 is 5.32 Å². The highest BCUT2D eigenvalue weighted by atomic mass is 16.6. The normalized spacial score (nSPS) is 25.3. The number of carbonyl (C=O) groups excluding carboxylic acids is 2. The van der Waals surface area contributed by atoms with Crippen molar-refractivity contribution in [2.45, 2.75) is 89.8 Å². The van der Waals surface area contributed by atoms with E-state index in [1.165, 1.54) is 0 Å². The largest absolute Gasteiger partial charge is 0.479 e. The number of likely N-dealkylation sites (tertiary alicyclic amines) is 1. The number of aliphatic carboxylic acids is 1. The van der Waals surface area contributed by atoms with Crippen LogP contribution >= 0.6 is 0 Å². The summed E-state index contributed by atoms with van der Waals surface area (Å²) in [5.74, 6) is -1.56. The number of esters is 1. The first-order chi connectivity index (χ1) is 12.6. The Labute approximate surface area is 161 Å². The van der Waals surface area contributed by atoms with Gasteiger partial charge in [-0.25, -0.2) is 4.79 Å². The van der Waals surface area contributed by atoms with Gasteiger partial charge in [-0.1, -0.05) is 19.3 Å². The van der Waals surface area contributed by atoms with Gasteiger partial charge in [0, 0.05) is 6.54 Å². The van der Waals surface area contributed by atoms with Crippen LogP contribution in [-0.2, 0) is 19.1 Å². The Hall–Kier alpha value is -1.63. The second-order valence-corrected chi connectivity index (χ2v) is 8.85. The standard InChI is InChI=1S/C20H34N2O5/c1-14(21-13-16(23)27-19(2,3)4)17(24)22-12-8-11-20(22,18(25)26)15-9-6-5-7-10-15/h14-15,21H,5-13H2,1-4H3,(H,25,26)/t14-,20+/m0/s1. The molecule has 7 nitrogen and oxygen atoms in total. The zero-order chi connectivity index (χ0) is 20.2. The van der Waals surface area contributed by atoms with E-state index in [1.54, 1.807) is 32.6 Å². The van der Waals surface area contributed by atoms with Gasteiger partial charge in [-0.2, -0.15) is 0 Å². The molecule has 0 aromatic carbocycles. The van der Waals surface area contributed by atoms with Gasteiger partial charge < -0.3 is 14.7 Å². The van der Waals surface area contributed by atoms with Crippen molar-refractivity contribution in [3.8, 4) is 0 Å². The second kappa shape index (κ2) is 8.59. The second-order valence-electron chi connectivity index (χ2n) is 8.85. The van der Waals surface area contributed by atoms with Crippen LogP contribution in [0.4, 0.5) is 0 Å². The van der Waals surface area contributed by atoms with Gasteiger partial charge in [-0.05, 0) is 59.3 Å². The van der Waals surface area contributed by atoms with E-state index in [4.69, 9.17) is 4.74 Å². The van der Waals surface area contributed by atoms with Gasteiger partial charge in [0.1, 0.15) is 11.1 Å². The molecule has 0 aromatic heterocycles. The minimum atomic E-state index is -1.10. The summed E-state index contributed by atoms with van der Waals surface area (Å²) in [5, 5.41) is 13.0. The lowest BCUT2D eigenvalue weighted by Crippen LogP contribution is -2.61. The molecular weight excluding hydrogens is 348 g/mol. The maximum Gasteiger partial charge on any atom is 0.329 e. The van der Waals surface area contributed by atoms with Crippen LogP contribution in [-0.4, -0.2) is 58.1 Å². The zero-order valence-electron chi connectivity index (χ0n) is 17.0. The number of hydrogen-bond donors (Lipinski definition) is 2. The fraction of sp³-hybridized carbons (Fsp3) is 0.850. The lowest BCUT2D eigenvalue weighted by atomic mass is 9.73. The predicted molar refractivity (Wildman–Crippen MR) is 101 cm³/mol. The van der Waals surface area contributed by atoms with Crippen molar-refractivity contribution in [3.63, 3.8) is 0 Å². The van der Waals surface area contributed by atoms with Crippen molar-refractivity contribution in [3.05, 3.63) is 0 Å². The van der Waals surface area contributed by atoms with Crippen molar-refractivity contribution in [2.24, 2.45) is 5.92 Å². The molecule has 2 N–H and O–H groups in total. The molecule has 0 unspecified atom stereocenters. The Morgan fingerprint density at radius 2 is 1.81 bits per heavy atom. The van der Waals surface area contributed by atoms with E-state index in [0.717, 1.165) is 32.1 Å². The molecule has 2 aliphatic rings. The minimum Gasteiger partial charge on any atom is -0.479 e. The molecular formula is C20H34N2O5. The number of carboxylic acid groups (broad SMARTS) is 1. The average molecular weight is 383 g/mol. The van der Waals surface area contributed by atoms with Gasteiger partial charge in [0.15, 0.2) is 0 Å². The van der Waals surface area contributed by atoms with E-state index in [2.05, 4.69) is 5.32 Å². The SMILES string of the molecule is C[C@H](NCC(=O)OC(C)(C)C)C(=O)N1CCC[C@]1(C(=O)O)C1CCCCC1. The molecule has 0 aromatic rings. The number of hydrogen-bond acceptors (Lipinski definition) is 5. The Balaban J connectivity index is 2.06. The third kappa shape index (κ3) is 5.00. The summed E-state index contributed by atoms with van der Waals surface area (Å²) in [6, 6.07) is -0.641. The van der Waals surface area contributed by atoms with Crippen molar-refractivity contribution >= 4 is 17.8 Å². The maximum absolute atomic E-state index is 13.1. The van der Waals surface area contributed by atoms with E-state index in [-0.39, 0.29) is 18.4 Å². The van der Waals surface area contributed by atoms with Crippen LogP contribution in [0.3, 0.4) is 0 Å². The molecule has 1 saturated heterocycles. The van der Waals surface area contributed by atoms with Gasteiger partial charge in [0.25, 0.3) is 0 Å². The summed E-state index contributed by atoms with van der Waals surface area (Å²) in [6.07, 6.45) is 6.10. The molecule has 1 heterocycles. The number of ether oxygens (including phenoxy) is 1. The monoisotopic (exact) mass is 382 g/mol. The molecule has 2 atom stereocenters. The summed E-state index contributed by atoms with van der Waals surface area (Å²) in [4.78, 5) is 38.8. The molecule has 2 fully saturated rings. The lowest BCUT2D eigenvalue weighted by molar-refractivity contribution is -0.163.